The van der Waals surface area contributed by atoms with Crippen molar-refractivity contribution >= 4 is 11.6 Å². The first-order valence-electron chi connectivity index (χ1n) is 8.64. The van der Waals surface area contributed by atoms with E-state index in [0.717, 1.165) is 29.8 Å². The molecular weight excluding hydrogens is 316 g/mol. The van der Waals surface area contributed by atoms with Gasteiger partial charge in [0.15, 0.2) is 0 Å². The number of fused-ring (bicyclic) bond motifs is 2. The molecule has 2 atom stereocenters. The van der Waals surface area contributed by atoms with E-state index in [1.54, 1.807) is 7.11 Å². The Morgan fingerprint density at radius 2 is 1.96 bits per heavy atom. The molecule has 25 heavy (non-hydrogen) atoms. The van der Waals surface area contributed by atoms with Crippen molar-refractivity contribution in [1.29, 1.82) is 0 Å². The fourth-order valence-electron chi connectivity index (χ4n) is 4.04. The summed E-state index contributed by atoms with van der Waals surface area (Å²) < 4.78 is 5.53. The molecule has 2 aliphatic heterocycles. The van der Waals surface area contributed by atoms with Crippen LogP contribution >= 0.6 is 0 Å². The number of likely N-dealkylation sites (tertiary alicyclic amines) is 1. The lowest BCUT2D eigenvalue weighted by Gasteiger charge is -2.34. The minimum atomic E-state index is -0.123. The number of aliphatic hydroxyl groups excluding tert-OH is 1. The number of piperazine rings is 1. The molecule has 0 aromatic heterocycles. The summed E-state index contributed by atoms with van der Waals surface area (Å²) in [4.78, 5) is 16.9. The topological polar surface area (TPSA) is 53.0 Å². The molecule has 0 radical (unpaired) electrons. The summed E-state index contributed by atoms with van der Waals surface area (Å²) >= 11 is 0. The van der Waals surface area contributed by atoms with E-state index in [1.165, 1.54) is 0 Å². The predicted octanol–water partition coefficient (Wildman–Crippen LogP) is 2.14. The fraction of sp³-hybridized carbons (Fsp3) is 0.350. The Morgan fingerprint density at radius 3 is 2.64 bits per heavy atom. The Bertz CT molecular complexity index is 778. The minimum Gasteiger partial charge on any atom is -0.495 e. The van der Waals surface area contributed by atoms with Gasteiger partial charge in [0.05, 0.1) is 31.5 Å². The number of hydrogen-bond acceptors (Lipinski definition) is 4. The number of ether oxygens (including phenoxy) is 1. The number of nitrogens with zero attached hydrogens (tertiary/aromatic N) is 2. The Hall–Kier alpha value is -2.37. The molecule has 0 spiro atoms. The highest BCUT2D eigenvalue weighted by Crippen LogP contribution is 2.41. The molecule has 2 fully saturated rings. The molecule has 1 amide bonds. The van der Waals surface area contributed by atoms with Crippen molar-refractivity contribution in [2.75, 3.05) is 31.7 Å². The molecule has 0 unspecified atom stereocenters. The number of anilines is 1. The molecule has 5 nitrogen and oxygen atoms in total. The molecule has 2 saturated heterocycles. The van der Waals surface area contributed by atoms with Crippen LogP contribution in [0.4, 0.5) is 5.69 Å². The quantitative estimate of drug-likeness (QED) is 0.908. The van der Waals surface area contributed by atoms with Gasteiger partial charge in [0.25, 0.3) is 0 Å². The zero-order chi connectivity index (χ0) is 17.4. The Morgan fingerprint density at radius 1 is 1.16 bits per heavy atom. The number of β-amino-alcohol motifs (C(OH)–C–C–N with tert-alkyl or cyclic N) is 1. The van der Waals surface area contributed by atoms with Gasteiger partial charge in [-0.05, 0) is 29.7 Å². The monoisotopic (exact) mass is 338 g/mol. The lowest BCUT2D eigenvalue weighted by Crippen LogP contribution is -2.51. The smallest absolute Gasteiger partial charge is 0.244 e. The van der Waals surface area contributed by atoms with Crippen LogP contribution in [0, 0.1) is 0 Å². The highest BCUT2D eigenvalue weighted by atomic mass is 16.5. The summed E-state index contributed by atoms with van der Waals surface area (Å²) in [5.74, 6) is 0.822. The standard InChI is InChI=1S/C20H22N2O3/c1-25-19-8-7-15(14-5-3-2-4-6-14)11-17(19)22-16-12-18(20(22)24)21(13-16)9-10-23/h2-8,11,16,18,23H,9-10,12-13H2,1H3/t16-,18-/m0/s1. The van der Waals surface area contributed by atoms with Crippen molar-refractivity contribution in [3.05, 3.63) is 48.5 Å². The maximum atomic E-state index is 12.9. The first kappa shape index (κ1) is 16.1. The summed E-state index contributed by atoms with van der Waals surface area (Å²) in [5, 5.41) is 9.18. The van der Waals surface area contributed by atoms with Gasteiger partial charge in [0.2, 0.25) is 5.91 Å². The van der Waals surface area contributed by atoms with Gasteiger partial charge in [0.1, 0.15) is 5.75 Å². The van der Waals surface area contributed by atoms with Crippen molar-refractivity contribution in [3.63, 3.8) is 0 Å². The number of carbonyl (C=O) groups is 1. The number of hydrogen-bond donors (Lipinski definition) is 1. The fourth-order valence-corrected chi connectivity index (χ4v) is 4.04. The maximum Gasteiger partial charge on any atom is 0.244 e. The van der Waals surface area contributed by atoms with Crippen LogP contribution in [0.15, 0.2) is 48.5 Å². The highest BCUT2D eigenvalue weighted by molar-refractivity contribution is 6.03. The maximum absolute atomic E-state index is 12.9. The number of methoxy groups -OCH3 is 1. The Labute approximate surface area is 147 Å². The average Bonchev–Trinajstić information content (AvgIpc) is 3.20. The van der Waals surface area contributed by atoms with E-state index in [0.29, 0.717) is 12.3 Å². The number of rotatable bonds is 5. The molecule has 2 aromatic carbocycles. The van der Waals surface area contributed by atoms with E-state index in [2.05, 4.69) is 17.0 Å². The highest BCUT2D eigenvalue weighted by Gasteiger charge is 2.50. The largest absolute Gasteiger partial charge is 0.495 e. The molecule has 0 saturated carbocycles. The number of benzene rings is 2. The molecule has 2 aromatic rings. The second kappa shape index (κ2) is 6.50. The van der Waals surface area contributed by atoms with Gasteiger partial charge in [-0.25, -0.2) is 0 Å². The van der Waals surface area contributed by atoms with Crippen LogP contribution in [-0.4, -0.2) is 54.8 Å². The minimum absolute atomic E-state index is 0.0866. The van der Waals surface area contributed by atoms with Crippen molar-refractivity contribution in [2.24, 2.45) is 0 Å². The zero-order valence-electron chi connectivity index (χ0n) is 14.3. The third-order valence-electron chi connectivity index (χ3n) is 5.20. The van der Waals surface area contributed by atoms with Gasteiger partial charge < -0.3 is 14.7 Å². The van der Waals surface area contributed by atoms with Gasteiger partial charge in [-0.1, -0.05) is 36.4 Å². The van der Waals surface area contributed by atoms with Gasteiger partial charge >= 0.3 is 0 Å². The summed E-state index contributed by atoms with van der Waals surface area (Å²) in [6.45, 7) is 1.45. The molecule has 1 N–H and O–H groups in total. The van der Waals surface area contributed by atoms with Crippen LogP contribution in [0.2, 0.25) is 0 Å². The molecule has 5 heteroatoms. The van der Waals surface area contributed by atoms with Crippen molar-refractivity contribution in [3.8, 4) is 16.9 Å². The van der Waals surface area contributed by atoms with E-state index >= 15 is 0 Å². The number of aliphatic hydroxyl groups is 1. The summed E-state index contributed by atoms with van der Waals surface area (Å²) in [6.07, 6.45) is 0.817. The van der Waals surface area contributed by atoms with E-state index in [-0.39, 0.29) is 24.6 Å². The van der Waals surface area contributed by atoms with Crippen LogP contribution in [0.25, 0.3) is 11.1 Å². The molecule has 2 heterocycles. The molecule has 0 aliphatic carbocycles. The van der Waals surface area contributed by atoms with Crippen molar-refractivity contribution in [2.45, 2.75) is 18.5 Å². The Kier molecular flexibility index (Phi) is 4.19. The van der Waals surface area contributed by atoms with Gasteiger partial charge in [-0.3, -0.25) is 9.69 Å². The molecule has 2 bridgehead atoms. The van der Waals surface area contributed by atoms with E-state index in [1.807, 2.05) is 41.3 Å². The lowest BCUT2D eigenvalue weighted by molar-refractivity contribution is -0.122. The Balaban J connectivity index is 1.70. The van der Waals surface area contributed by atoms with Crippen molar-refractivity contribution < 1.29 is 14.6 Å². The second-order valence-electron chi connectivity index (χ2n) is 6.58. The summed E-state index contributed by atoms with van der Waals surface area (Å²) in [6, 6.07) is 16.2. The summed E-state index contributed by atoms with van der Waals surface area (Å²) in [5.41, 5.74) is 3.02. The average molecular weight is 338 g/mol. The van der Waals surface area contributed by atoms with Crippen molar-refractivity contribution in [1.82, 2.24) is 4.90 Å². The van der Waals surface area contributed by atoms with Crippen LogP contribution in [0.1, 0.15) is 6.42 Å². The van der Waals surface area contributed by atoms with E-state index in [9.17, 15) is 9.90 Å². The van der Waals surface area contributed by atoms with Crippen LogP contribution in [0.3, 0.4) is 0 Å². The van der Waals surface area contributed by atoms with Gasteiger partial charge in [-0.15, -0.1) is 0 Å². The first-order chi connectivity index (χ1) is 12.2. The van der Waals surface area contributed by atoms with Crippen LogP contribution in [0.5, 0.6) is 5.75 Å². The first-order valence-corrected chi connectivity index (χ1v) is 8.64. The normalized spacial score (nSPS) is 22.6. The molecule has 4 rings (SSSR count). The second-order valence-corrected chi connectivity index (χ2v) is 6.58. The van der Waals surface area contributed by atoms with E-state index < -0.39 is 0 Å². The SMILES string of the molecule is COc1ccc(-c2ccccc2)cc1N1C(=O)[C@@H]2C[C@H]1CN2CCO. The molecule has 130 valence electrons. The third-order valence-corrected chi connectivity index (χ3v) is 5.20. The lowest BCUT2D eigenvalue weighted by atomic mass is 10.0. The number of amides is 1. The third kappa shape index (κ3) is 2.69. The molecular formula is C20H22N2O3. The number of carbonyl (C=O) groups excluding carboxylic acids is 1. The zero-order valence-corrected chi connectivity index (χ0v) is 14.3. The molecule has 2 aliphatic rings. The van der Waals surface area contributed by atoms with Gasteiger partial charge in [0, 0.05) is 13.1 Å². The van der Waals surface area contributed by atoms with E-state index in [4.69, 9.17) is 4.74 Å². The van der Waals surface area contributed by atoms with Crippen LogP contribution < -0.4 is 9.64 Å². The van der Waals surface area contributed by atoms with Crippen LogP contribution in [-0.2, 0) is 4.79 Å². The predicted molar refractivity (Wildman–Crippen MR) is 96.8 cm³/mol. The summed E-state index contributed by atoms with van der Waals surface area (Å²) in [7, 11) is 1.64. The van der Waals surface area contributed by atoms with Gasteiger partial charge in [-0.2, -0.15) is 0 Å².